The molecule has 2 heterocycles. The van der Waals surface area contributed by atoms with Crippen molar-refractivity contribution in [2.75, 3.05) is 23.8 Å². The molecule has 1 aromatic heterocycles. The molecule has 138 valence electrons. The van der Waals surface area contributed by atoms with Crippen molar-refractivity contribution in [3.05, 3.63) is 54.7 Å². The lowest BCUT2D eigenvalue weighted by Crippen LogP contribution is -2.30. The second-order valence-electron chi connectivity index (χ2n) is 6.35. The number of nitrogens with zero attached hydrogens (tertiary/aromatic N) is 1. The summed E-state index contributed by atoms with van der Waals surface area (Å²) in [6.45, 7) is 1.38. The number of carbonyl (C=O) groups excluding carboxylic acids is 2. The molecule has 1 aliphatic heterocycles. The molecule has 0 fully saturated rings. The highest BCUT2D eigenvalue weighted by Crippen LogP contribution is 2.30. The summed E-state index contributed by atoms with van der Waals surface area (Å²) in [7, 11) is 0. The molecule has 0 saturated heterocycles. The quantitative estimate of drug-likeness (QED) is 0.608. The van der Waals surface area contributed by atoms with Gasteiger partial charge in [-0.15, -0.1) is 0 Å². The third-order valence-corrected chi connectivity index (χ3v) is 4.41. The van der Waals surface area contributed by atoms with Crippen molar-refractivity contribution in [3.63, 3.8) is 0 Å². The molecule has 3 amide bonds. The number of hydrogen-bond acceptors (Lipinski definition) is 3. The number of rotatable bonds is 5. The molecule has 0 saturated carbocycles. The molecule has 0 unspecified atom stereocenters. The van der Waals surface area contributed by atoms with E-state index >= 15 is 0 Å². The molecular weight excluding hydrogens is 344 g/mol. The van der Waals surface area contributed by atoms with Gasteiger partial charge in [0.1, 0.15) is 5.75 Å². The predicted molar refractivity (Wildman–Crippen MR) is 104 cm³/mol. The first-order chi connectivity index (χ1) is 13.2. The number of carbonyl (C=O) groups is 2. The Morgan fingerprint density at radius 2 is 2.07 bits per heavy atom. The zero-order chi connectivity index (χ0) is 18.6. The number of ether oxygens (including phenoxy) is 1. The zero-order valence-corrected chi connectivity index (χ0v) is 14.7. The van der Waals surface area contributed by atoms with E-state index in [1.54, 1.807) is 18.2 Å². The van der Waals surface area contributed by atoms with Gasteiger partial charge in [0.05, 0.1) is 5.69 Å². The summed E-state index contributed by atoms with van der Waals surface area (Å²) in [5.74, 6) is 0.364. The highest BCUT2D eigenvalue weighted by atomic mass is 16.5. The van der Waals surface area contributed by atoms with E-state index < -0.39 is 0 Å². The van der Waals surface area contributed by atoms with Crippen molar-refractivity contribution >= 4 is 34.2 Å². The lowest BCUT2D eigenvalue weighted by molar-refractivity contribution is -0.118. The van der Waals surface area contributed by atoms with E-state index in [0.29, 0.717) is 23.7 Å². The van der Waals surface area contributed by atoms with E-state index in [1.165, 1.54) is 10.9 Å². The number of para-hydroxylation sites is 1. The van der Waals surface area contributed by atoms with Crippen LogP contribution in [0.4, 0.5) is 16.2 Å². The SMILES string of the molecule is O=C1COc2cc(NC(=O)NCCCn3ccc4ccccc43)ccc2N1. The molecule has 7 heteroatoms. The number of benzene rings is 2. The van der Waals surface area contributed by atoms with Crippen LogP contribution in [-0.4, -0.2) is 29.7 Å². The van der Waals surface area contributed by atoms with Crippen molar-refractivity contribution in [2.24, 2.45) is 0 Å². The van der Waals surface area contributed by atoms with Gasteiger partial charge >= 0.3 is 6.03 Å². The maximum absolute atomic E-state index is 12.1. The van der Waals surface area contributed by atoms with E-state index in [-0.39, 0.29) is 18.5 Å². The molecule has 0 radical (unpaired) electrons. The largest absolute Gasteiger partial charge is 0.482 e. The van der Waals surface area contributed by atoms with Crippen LogP contribution in [-0.2, 0) is 11.3 Å². The molecule has 27 heavy (non-hydrogen) atoms. The highest BCUT2D eigenvalue weighted by molar-refractivity contribution is 5.96. The van der Waals surface area contributed by atoms with Gasteiger partial charge in [-0.3, -0.25) is 4.79 Å². The lowest BCUT2D eigenvalue weighted by atomic mass is 10.2. The van der Waals surface area contributed by atoms with Gasteiger partial charge in [0, 0.05) is 36.6 Å². The maximum atomic E-state index is 12.1. The van der Waals surface area contributed by atoms with Gasteiger partial charge in [-0.25, -0.2) is 4.79 Å². The van der Waals surface area contributed by atoms with Crippen LogP contribution in [0.15, 0.2) is 54.7 Å². The fourth-order valence-electron chi connectivity index (χ4n) is 3.11. The van der Waals surface area contributed by atoms with E-state index in [1.807, 2.05) is 12.1 Å². The molecular formula is C20H20N4O3. The monoisotopic (exact) mass is 364 g/mol. The number of nitrogens with one attached hydrogen (secondary N) is 3. The minimum absolute atomic E-state index is 0.0171. The molecule has 3 N–H and O–H groups in total. The summed E-state index contributed by atoms with van der Waals surface area (Å²) >= 11 is 0. The molecule has 0 bridgehead atoms. The normalized spacial score (nSPS) is 12.8. The van der Waals surface area contributed by atoms with Gasteiger partial charge in [-0.1, -0.05) is 18.2 Å². The Balaban J connectivity index is 1.26. The minimum Gasteiger partial charge on any atom is -0.482 e. The van der Waals surface area contributed by atoms with Crippen LogP contribution in [0.5, 0.6) is 5.75 Å². The number of amides is 3. The number of aromatic nitrogens is 1. The summed E-state index contributed by atoms with van der Waals surface area (Å²) in [6, 6.07) is 15.2. The third-order valence-electron chi connectivity index (χ3n) is 4.41. The predicted octanol–water partition coefficient (Wildman–Crippen LogP) is 3.18. The first-order valence-electron chi connectivity index (χ1n) is 8.84. The second-order valence-corrected chi connectivity index (χ2v) is 6.35. The fourth-order valence-corrected chi connectivity index (χ4v) is 3.11. The van der Waals surface area contributed by atoms with Crippen LogP contribution < -0.4 is 20.7 Å². The molecule has 0 atom stereocenters. The summed E-state index contributed by atoms with van der Waals surface area (Å²) in [6.07, 6.45) is 2.89. The van der Waals surface area contributed by atoms with Crippen molar-refractivity contribution in [1.29, 1.82) is 0 Å². The van der Waals surface area contributed by atoms with Crippen molar-refractivity contribution in [2.45, 2.75) is 13.0 Å². The van der Waals surface area contributed by atoms with Crippen LogP contribution in [0.3, 0.4) is 0 Å². The summed E-state index contributed by atoms with van der Waals surface area (Å²) in [5.41, 5.74) is 2.41. The Morgan fingerprint density at radius 3 is 3.00 bits per heavy atom. The van der Waals surface area contributed by atoms with Gasteiger partial charge < -0.3 is 25.3 Å². The number of anilines is 2. The van der Waals surface area contributed by atoms with Crippen LogP contribution in [0.2, 0.25) is 0 Å². The van der Waals surface area contributed by atoms with E-state index in [9.17, 15) is 9.59 Å². The van der Waals surface area contributed by atoms with Crippen LogP contribution in [0.25, 0.3) is 10.9 Å². The van der Waals surface area contributed by atoms with Crippen molar-refractivity contribution < 1.29 is 14.3 Å². The van der Waals surface area contributed by atoms with Gasteiger partial charge in [0.15, 0.2) is 6.61 Å². The van der Waals surface area contributed by atoms with Crippen LogP contribution in [0.1, 0.15) is 6.42 Å². The van der Waals surface area contributed by atoms with Gasteiger partial charge in [-0.05, 0) is 36.1 Å². The average Bonchev–Trinajstić information content (AvgIpc) is 3.08. The Morgan fingerprint density at radius 1 is 1.19 bits per heavy atom. The molecule has 2 aromatic carbocycles. The van der Waals surface area contributed by atoms with E-state index in [2.05, 4.69) is 44.9 Å². The highest BCUT2D eigenvalue weighted by Gasteiger charge is 2.16. The van der Waals surface area contributed by atoms with Crippen LogP contribution in [0, 0.1) is 0 Å². The Hall–Kier alpha value is -3.48. The van der Waals surface area contributed by atoms with Crippen molar-refractivity contribution in [3.8, 4) is 5.75 Å². The summed E-state index contributed by atoms with van der Waals surface area (Å²) in [5, 5.41) is 9.56. The van der Waals surface area contributed by atoms with E-state index in [4.69, 9.17) is 4.74 Å². The van der Waals surface area contributed by atoms with Crippen LogP contribution >= 0.6 is 0 Å². The van der Waals surface area contributed by atoms with Crippen molar-refractivity contribution in [1.82, 2.24) is 9.88 Å². The third kappa shape index (κ3) is 3.87. The lowest BCUT2D eigenvalue weighted by Gasteiger charge is -2.18. The average molecular weight is 364 g/mol. The fraction of sp³-hybridized carbons (Fsp3) is 0.200. The number of aryl methyl sites for hydroxylation is 1. The second kappa shape index (κ2) is 7.41. The summed E-state index contributed by atoms with van der Waals surface area (Å²) in [4.78, 5) is 23.3. The van der Waals surface area contributed by atoms with Gasteiger partial charge in [0.2, 0.25) is 0 Å². The molecule has 0 spiro atoms. The smallest absolute Gasteiger partial charge is 0.319 e. The molecule has 4 rings (SSSR count). The topological polar surface area (TPSA) is 84.4 Å². The Bertz CT molecular complexity index is 996. The molecule has 0 aliphatic carbocycles. The first kappa shape index (κ1) is 17.0. The Labute approximate surface area is 156 Å². The standard InChI is InChI=1S/C20H20N4O3/c25-19-13-27-18-12-15(6-7-16(18)23-19)22-20(26)21-9-3-10-24-11-8-14-4-1-2-5-17(14)24/h1-2,4-8,11-12H,3,9-10,13H2,(H,23,25)(H2,21,22,26). The van der Waals surface area contributed by atoms with Gasteiger partial charge in [-0.2, -0.15) is 0 Å². The molecule has 7 nitrogen and oxygen atoms in total. The number of hydrogen-bond donors (Lipinski definition) is 3. The maximum Gasteiger partial charge on any atom is 0.319 e. The molecule has 1 aliphatic rings. The summed E-state index contributed by atoms with van der Waals surface area (Å²) < 4.78 is 7.53. The minimum atomic E-state index is -0.271. The Kier molecular flexibility index (Phi) is 4.65. The van der Waals surface area contributed by atoms with Gasteiger partial charge in [0.25, 0.3) is 5.91 Å². The zero-order valence-electron chi connectivity index (χ0n) is 14.7. The first-order valence-corrected chi connectivity index (χ1v) is 8.84. The number of fused-ring (bicyclic) bond motifs is 2. The number of urea groups is 1. The molecule has 3 aromatic rings. The van der Waals surface area contributed by atoms with E-state index in [0.717, 1.165) is 13.0 Å².